The number of benzene rings is 2. The molecule has 1 amide bonds. The van der Waals surface area contributed by atoms with Crippen molar-refractivity contribution in [1.82, 2.24) is 0 Å². The first-order chi connectivity index (χ1) is 12.6. The average molecular weight is 355 g/mol. The number of unbranched alkanes of at least 4 members (excludes halogenated alkanes) is 3. The normalized spacial score (nSPS) is 10.4. The Morgan fingerprint density at radius 3 is 2.65 bits per heavy atom. The number of nitrogens with one attached hydrogen (secondary N) is 1. The van der Waals surface area contributed by atoms with E-state index in [1.165, 1.54) is 19.3 Å². The summed E-state index contributed by atoms with van der Waals surface area (Å²) >= 11 is 0. The summed E-state index contributed by atoms with van der Waals surface area (Å²) in [5.41, 5.74) is 2.84. The molecule has 1 N–H and O–H groups in total. The van der Waals surface area contributed by atoms with E-state index in [0.717, 1.165) is 29.0 Å². The molecule has 0 aromatic heterocycles. The van der Waals surface area contributed by atoms with Crippen molar-refractivity contribution in [2.75, 3.05) is 18.5 Å². The topological polar surface area (TPSA) is 47.6 Å². The molecule has 0 fully saturated rings. The molecular weight excluding hydrogens is 326 g/mol. The summed E-state index contributed by atoms with van der Waals surface area (Å²) in [6.45, 7) is 6.84. The zero-order valence-corrected chi connectivity index (χ0v) is 16.0. The Morgan fingerprint density at radius 2 is 1.85 bits per heavy atom. The van der Waals surface area contributed by atoms with Gasteiger partial charge in [0.25, 0.3) is 5.91 Å². The van der Waals surface area contributed by atoms with Crippen molar-refractivity contribution >= 4 is 11.6 Å². The van der Waals surface area contributed by atoms with Gasteiger partial charge in [-0.2, -0.15) is 0 Å². The van der Waals surface area contributed by atoms with Gasteiger partial charge in [-0.15, -0.1) is 0 Å². The van der Waals surface area contributed by atoms with Crippen LogP contribution in [0.15, 0.2) is 42.5 Å². The molecule has 0 saturated carbocycles. The summed E-state index contributed by atoms with van der Waals surface area (Å²) in [5, 5.41) is 2.85. The maximum Gasteiger partial charge on any atom is 0.262 e. The van der Waals surface area contributed by atoms with Crippen LogP contribution in [0.5, 0.6) is 11.5 Å². The maximum atomic E-state index is 12.1. The highest BCUT2D eigenvalue weighted by atomic mass is 16.5. The Bertz CT molecular complexity index is 712. The smallest absolute Gasteiger partial charge is 0.262 e. The van der Waals surface area contributed by atoms with E-state index in [1.54, 1.807) is 0 Å². The third kappa shape index (κ3) is 6.79. The van der Waals surface area contributed by atoms with Crippen LogP contribution in [0.1, 0.15) is 43.7 Å². The molecule has 0 radical (unpaired) electrons. The number of aryl methyl sites for hydroxylation is 2. The van der Waals surface area contributed by atoms with Gasteiger partial charge in [-0.25, -0.2) is 0 Å². The fraction of sp³-hybridized carbons (Fsp3) is 0.409. The van der Waals surface area contributed by atoms with E-state index < -0.39 is 0 Å². The first-order valence-corrected chi connectivity index (χ1v) is 9.31. The van der Waals surface area contributed by atoms with Crippen molar-refractivity contribution in [2.45, 2.75) is 46.5 Å². The third-order valence-corrected chi connectivity index (χ3v) is 4.09. The van der Waals surface area contributed by atoms with Crippen LogP contribution in [-0.4, -0.2) is 19.1 Å². The molecule has 2 rings (SSSR count). The van der Waals surface area contributed by atoms with E-state index in [9.17, 15) is 4.79 Å². The van der Waals surface area contributed by atoms with E-state index in [0.29, 0.717) is 12.3 Å². The summed E-state index contributed by atoms with van der Waals surface area (Å²) in [6, 6.07) is 13.4. The first-order valence-electron chi connectivity index (χ1n) is 9.31. The van der Waals surface area contributed by atoms with Crippen LogP contribution in [0.3, 0.4) is 0 Å². The van der Waals surface area contributed by atoms with Gasteiger partial charge in [0.05, 0.1) is 6.61 Å². The molecule has 2 aromatic carbocycles. The van der Waals surface area contributed by atoms with Crippen molar-refractivity contribution in [3.63, 3.8) is 0 Å². The zero-order valence-electron chi connectivity index (χ0n) is 16.0. The molecular formula is C22H29NO3. The number of anilines is 1. The first kappa shape index (κ1) is 19.8. The second-order valence-corrected chi connectivity index (χ2v) is 6.54. The highest BCUT2D eigenvalue weighted by Gasteiger charge is 2.07. The quantitative estimate of drug-likeness (QED) is 0.590. The molecule has 0 heterocycles. The van der Waals surface area contributed by atoms with E-state index in [-0.39, 0.29) is 12.5 Å². The minimum atomic E-state index is -0.189. The van der Waals surface area contributed by atoms with Crippen molar-refractivity contribution in [3.05, 3.63) is 53.6 Å². The molecule has 0 aliphatic rings. The lowest BCUT2D eigenvalue weighted by molar-refractivity contribution is -0.118. The van der Waals surface area contributed by atoms with Gasteiger partial charge in [-0.3, -0.25) is 4.79 Å². The van der Waals surface area contributed by atoms with Crippen LogP contribution in [0.4, 0.5) is 5.69 Å². The lowest BCUT2D eigenvalue weighted by Crippen LogP contribution is -2.20. The van der Waals surface area contributed by atoms with Crippen LogP contribution in [0.2, 0.25) is 0 Å². The summed E-state index contributed by atoms with van der Waals surface area (Å²) in [4.78, 5) is 12.1. The van der Waals surface area contributed by atoms with E-state index in [2.05, 4.69) is 12.2 Å². The third-order valence-electron chi connectivity index (χ3n) is 4.09. The lowest BCUT2D eigenvalue weighted by Gasteiger charge is -2.11. The van der Waals surface area contributed by atoms with Gasteiger partial charge < -0.3 is 14.8 Å². The predicted octanol–water partition coefficient (Wildman–Crippen LogP) is 5.28. The number of ether oxygens (including phenoxy) is 2. The Balaban J connectivity index is 1.81. The van der Waals surface area contributed by atoms with E-state index in [4.69, 9.17) is 9.47 Å². The van der Waals surface area contributed by atoms with Gasteiger partial charge in [0.1, 0.15) is 11.5 Å². The fourth-order valence-corrected chi connectivity index (χ4v) is 2.59. The van der Waals surface area contributed by atoms with Crippen molar-refractivity contribution in [3.8, 4) is 11.5 Å². The standard InChI is InChI=1S/C22H29NO3/c1-4-5-6-7-13-25-20-10-8-9-19(15-20)23-22(24)16-26-21-14-17(2)11-12-18(21)3/h8-12,14-15H,4-7,13,16H2,1-3H3,(H,23,24). The van der Waals surface area contributed by atoms with Gasteiger partial charge >= 0.3 is 0 Å². The summed E-state index contributed by atoms with van der Waals surface area (Å²) in [6.07, 6.45) is 4.68. The minimum Gasteiger partial charge on any atom is -0.494 e. The molecule has 0 atom stereocenters. The summed E-state index contributed by atoms with van der Waals surface area (Å²) in [7, 11) is 0. The number of hydrogen-bond acceptors (Lipinski definition) is 3. The molecule has 0 bridgehead atoms. The van der Waals surface area contributed by atoms with Gasteiger partial charge in [0.2, 0.25) is 0 Å². The van der Waals surface area contributed by atoms with Crippen molar-refractivity contribution in [1.29, 1.82) is 0 Å². The van der Waals surface area contributed by atoms with Gasteiger partial charge in [-0.05, 0) is 49.6 Å². The van der Waals surface area contributed by atoms with Crippen LogP contribution < -0.4 is 14.8 Å². The molecule has 0 unspecified atom stereocenters. The molecule has 0 aliphatic heterocycles. The maximum absolute atomic E-state index is 12.1. The second kappa shape index (κ2) is 10.5. The minimum absolute atomic E-state index is 0.0214. The zero-order chi connectivity index (χ0) is 18.8. The van der Waals surface area contributed by atoms with E-state index in [1.807, 2.05) is 56.3 Å². The molecule has 4 heteroatoms. The highest BCUT2D eigenvalue weighted by molar-refractivity contribution is 5.92. The predicted molar refractivity (Wildman–Crippen MR) is 106 cm³/mol. The fourth-order valence-electron chi connectivity index (χ4n) is 2.59. The van der Waals surface area contributed by atoms with Crippen LogP contribution in [-0.2, 0) is 4.79 Å². The number of carbonyl (C=O) groups excluding carboxylic acids is 1. The van der Waals surface area contributed by atoms with E-state index >= 15 is 0 Å². The Labute approximate surface area is 156 Å². The van der Waals surface area contributed by atoms with Crippen LogP contribution in [0.25, 0.3) is 0 Å². The summed E-state index contributed by atoms with van der Waals surface area (Å²) < 4.78 is 11.4. The second-order valence-electron chi connectivity index (χ2n) is 6.54. The van der Waals surface area contributed by atoms with Gasteiger partial charge in [0, 0.05) is 11.8 Å². The van der Waals surface area contributed by atoms with Crippen LogP contribution in [0, 0.1) is 13.8 Å². The Hall–Kier alpha value is -2.49. The Morgan fingerprint density at radius 1 is 1.00 bits per heavy atom. The van der Waals surface area contributed by atoms with Crippen LogP contribution >= 0.6 is 0 Å². The molecule has 0 saturated heterocycles. The number of carbonyl (C=O) groups is 1. The number of amides is 1. The van der Waals surface area contributed by atoms with Gasteiger partial charge in [-0.1, -0.05) is 44.4 Å². The number of rotatable bonds is 10. The van der Waals surface area contributed by atoms with Gasteiger partial charge in [0.15, 0.2) is 6.61 Å². The lowest BCUT2D eigenvalue weighted by atomic mass is 10.1. The highest BCUT2D eigenvalue weighted by Crippen LogP contribution is 2.20. The molecule has 2 aromatic rings. The molecule has 140 valence electrons. The largest absolute Gasteiger partial charge is 0.494 e. The number of hydrogen-bond donors (Lipinski definition) is 1. The van der Waals surface area contributed by atoms with Crippen molar-refractivity contribution in [2.24, 2.45) is 0 Å². The molecule has 0 spiro atoms. The molecule has 4 nitrogen and oxygen atoms in total. The summed E-state index contributed by atoms with van der Waals surface area (Å²) in [5.74, 6) is 1.32. The Kier molecular flexibility index (Phi) is 8.00. The molecule has 0 aliphatic carbocycles. The SMILES string of the molecule is CCCCCCOc1cccc(NC(=O)COc2cc(C)ccc2C)c1. The molecule has 26 heavy (non-hydrogen) atoms. The average Bonchev–Trinajstić information content (AvgIpc) is 2.62. The van der Waals surface area contributed by atoms with Crippen molar-refractivity contribution < 1.29 is 14.3 Å². The monoisotopic (exact) mass is 355 g/mol.